The van der Waals surface area contributed by atoms with Gasteiger partial charge in [0, 0.05) is 23.4 Å². The number of para-hydroxylation sites is 1. The van der Waals surface area contributed by atoms with Crippen LogP contribution in [0.1, 0.15) is 33.6 Å². The molecular weight excluding hydrogens is 362 g/mol. The number of anilines is 1. The van der Waals surface area contributed by atoms with E-state index in [1.807, 2.05) is 50.4 Å². The number of benzene rings is 1. The van der Waals surface area contributed by atoms with Crippen molar-refractivity contribution in [2.45, 2.75) is 39.7 Å². The zero-order valence-corrected chi connectivity index (χ0v) is 16.7. The first-order chi connectivity index (χ1) is 13.0. The predicted octanol–water partition coefficient (Wildman–Crippen LogP) is 3.79. The minimum atomic E-state index is -0.414. The second-order valence-electron chi connectivity index (χ2n) is 6.80. The molecule has 1 unspecified atom stereocenters. The minimum absolute atomic E-state index is 0.0260. The molecule has 2 aromatic rings. The molecule has 144 valence electrons. The van der Waals surface area contributed by atoms with E-state index in [1.54, 1.807) is 4.90 Å². The normalized spacial score (nSPS) is 16.6. The van der Waals surface area contributed by atoms with E-state index in [9.17, 15) is 9.59 Å². The number of hydrogen-bond donors (Lipinski definition) is 1. The number of nitrogens with zero attached hydrogens (tertiary/aromatic N) is 2. The molecule has 6 nitrogen and oxygen atoms in total. The van der Waals surface area contributed by atoms with Crippen LogP contribution in [0.15, 0.2) is 29.6 Å². The summed E-state index contributed by atoms with van der Waals surface area (Å²) in [4.78, 5) is 31.3. The number of rotatable bonds is 6. The van der Waals surface area contributed by atoms with Crippen LogP contribution < -0.4 is 10.1 Å². The third-order valence-electron chi connectivity index (χ3n) is 4.53. The van der Waals surface area contributed by atoms with Gasteiger partial charge in [-0.3, -0.25) is 9.59 Å². The first-order valence-corrected chi connectivity index (χ1v) is 10.2. The van der Waals surface area contributed by atoms with Crippen molar-refractivity contribution >= 4 is 28.3 Å². The molecular formula is C20H25N3O3S. The van der Waals surface area contributed by atoms with Gasteiger partial charge in [0.2, 0.25) is 11.8 Å². The second kappa shape index (κ2) is 8.52. The highest BCUT2D eigenvalue weighted by Crippen LogP contribution is 2.32. The zero-order valence-electron chi connectivity index (χ0n) is 15.9. The average molecular weight is 388 g/mol. The van der Waals surface area contributed by atoms with Gasteiger partial charge in [-0.25, -0.2) is 4.98 Å². The topological polar surface area (TPSA) is 71.5 Å². The molecule has 1 N–H and O–H groups in total. The number of ether oxygens (including phenoxy) is 1. The van der Waals surface area contributed by atoms with Gasteiger partial charge in [0.1, 0.15) is 11.8 Å². The van der Waals surface area contributed by atoms with E-state index in [-0.39, 0.29) is 17.7 Å². The van der Waals surface area contributed by atoms with Gasteiger partial charge >= 0.3 is 0 Å². The van der Waals surface area contributed by atoms with Crippen molar-refractivity contribution in [1.82, 2.24) is 9.88 Å². The SMILES string of the molecule is CCOc1ccccc1-c1csc(NC(=O)C2CCCN2C(=O)C(C)C)n1. The molecule has 2 amide bonds. The molecule has 0 saturated carbocycles. The maximum Gasteiger partial charge on any atom is 0.248 e. The van der Waals surface area contributed by atoms with E-state index in [1.165, 1.54) is 11.3 Å². The van der Waals surface area contributed by atoms with E-state index >= 15 is 0 Å². The summed E-state index contributed by atoms with van der Waals surface area (Å²) in [5.41, 5.74) is 1.66. The molecule has 0 bridgehead atoms. The van der Waals surface area contributed by atoms with E-state index in [0.29, 0.717) is 24.7 Å². The van der Waals surface area contributed by atoms with Crippen molar-refractivity contribution in [2.24, 2.45) is 5.92 Å². The van der Waals surface area contributed by atoms with Gasteiger partial charge in [-0.15, -0.1) is 11.3 Å². The molecule has 27 heavy (non-hydrogen) atoms. The van der Waals surface area contributed by atoms with Gasteiger partial charge in [-0.1, -0.05) is 26.0 Å². The van der Waals surface area contributed by atoms with Crippen molar-refractivity contribution in [3.63, 3.8) is 0 Å². The minimum Gasteiger partial charge on any atom is -0.493 e. The molecule has 1 aliphatic rings. The van der Waals surface area contributed by atoms with E-state index < -0.39 is 6.04 Å². The number of aromatic nitrogens is 1. The Morgan fingerprint density at radius 2 is 2.15 bits per heavy atom. The lowest BCUT2D eigenvalue weighted by Gasteiger charge is -2.25. The van der Waals surface area contributed by atoms with Crippen molar-refractivity contribution in [3.8, 4) is 17.0 Å². The highest BCUT2D eigenvalue weighted by atomic mass is 32.1. The van der Waals surface area contributed by atoms with Crippen LogP contribution in [-0.4, -0.2) is 40.9 Å². The molecule has 1 aliphatic heterocycles. The van der Waals surface area contributed by atoms with Crippen LogP contribution in [-0.2, 0) is 9.59 Å². The van der Waals surface area contributed by atoms with Crippen molar-refractivity contribution in [1.29, 1.82) is 0 Å². The fourth-order valence-corrected chi connectivity index (χ4v) is 3.95. The van der Waals surface area contributed by atoms with Gasteiger partial charge in [0.15, 0.2) is 5.13 Å². The molecule has 0 aliphatic carbocycles. The quantitative estimate of drug-likeness (QED) is 0.818. The third-order valence-corrected chi connectivity index (χ3v) is 5.29. The van der Waals surface area contributed by atoms with Crippen molar-refractivity contribution in [2.75, 3.05) is 18.5 Å². The number of carbonyl (C=O) groups excluding carboxylic acids is 2. The Hall–Kier alpha value is -2.41. The van der Waals surface area contributed by atoms with Crippen LogP contribution >= 0.6 is 11.3 Å². The Bertz CT molecular complexity index is 818. The number of thiazole rings is 1. The highest BCUT2D eigenvalue weighted by molar-refractivity contribution is 7.14. The summed E-state index contributed by atoms with van der Waals surface area (Å²) in [6.07, 6.45) is 1.54. The van der Waals surface area contributed by atoms with Crippen LogP contribution in [0.25, 0.3) is 11.3 Å². The largest absolute Gasteiger partial charge is 0.493 e. The summed E-state index contributed by atoms with van der Waals surface area (Å²) in [5.74, 6) is 0.520. The summed E-state index contributed by atoms with van der Waals surface area (Å²) in [7, 11) is 0. The van der Waals surface area contributed by atoms with Crippen LogP contribution in [0.4, 0.5) is 5.13 Å². The van der Waals surface area contributed by atoms with Crippen LogP contribution in [0.2, 0.25) is 0 Å². The van der Waals surface area contributed by atoms with Gasteiger partial charge in [-0.2, -0.15) is 0 Å². The van der Waals surface area contributed by atoms with Crippen molar-refractivity contribution < 1.29 is 14.3 Å². The molecule has 0 radical (unpaired) electrons. The predicted molar refractivity (Wildman–Crippen MR) is 107 cm³/mol. The summed E-state index contributed by atoms with van der Waals surface area (Å²) >= 11 is 1.37. The van der Waals surface area contributed by atoms with Crippen LogP contribution in [0, 0.1) is 5.92 Å². The molecule has 7 heteroatoms. The molecule has 1 aromatic carbocycles. The number of hydrogen-bond acceptors (Lipinski definition) is 5. The lowest BCUT2D eigenvalue weighted by molar-refractivity contribution is -0.139. The first kappa shape index (κ1) is 19.4. The Morgan fingerprint density at radius 3 is 2.89 bits per heavy atom. The number of amides is 2. The summed E-state index contributed by atoms with van der Waals surface area (Å²) in [6.45, 7) is 6.87. The fraction of sp³-hybridized carbons (Fsp3) is 0.450. The Labute approximate surface area is 163 Å². The van der Waals surface area contributed by atoms with Gasteiger partial charge < -0.3 is 15.0 Å². The Kier molecular flexibility index (Phi) is 6.11. The number of carbonyl (C=O) groups is 2. The van der Waals surface area contributed by atoms with Gasteiger partial charge in [0.05, 0.1) is 12.3 Å². The van der Waals surface area contributed by atoms with E-state index in [2.05, 4.69) is 10.3 Å². The van der Waals surface area contributed by atoms with Crippen molar-refractivity contribution in [3.05, 3.63) is 29.6 Å². The lowest BCUT2D eigenvalue weighted by atomic mass is 10.1. The van der Waals surface area contributed by atoms with Crippen LogP contribution in [0.3, 0.4) is 0 Å². The van der Waals surface area contributed by atoms with Crippen LogP contribution in [0.5, 0.6) is 5.75 Å². The van der Waals surface area contributed by atoms with Gasteiger partial charge in [0.25, 0.3) is 0 Å². The smallest absolute Gasteiger partial charge is 0.248 e. The summed E-state index contributed by atoms with van der Waals surface area (Å²) < 4.78 is 5.66. The van der Waals surface area contributed by atoms with Gasteiger partial charge in [-0.05, 0) is 31.9 Å². The molecule has 0 spiro atoms. The maximum absolute atomic E-state index is 12.7. The third kappa shape index (κ3) is 4.30. The first-order valence-electron chi connectivity index (χ1n) is 9.30. The van der Waals surface area contributed by atoms with E-state index in [4.69, 9.17) is 4.74 Å². The monoisotopic (exact) mass is 387 g/mol. The second-order valence-corrected chi connectivity index (χ2v) is 7.66. The number of nitrogens with one attached hydrogen (secondary N) is 1. The molecule has 1 fully saturated rings. The maximum atomic E-state index is 12.7. The zero-order chi connectivity index (χ0) is 19.4. The van der Waals surface area contributed by atoms with E-state index in [0.717, 1.165) is 23.4 Å². The highest BCUT2D eigenvalue weighted by Gasteiger charge is 2.35. The summed E-state index contributed by atoms with van der Waals surface area (Å²) in [6, 6.07) is 7.30. The fourth-order valence-electron chi connectivity index (χ4n) is 3.24. The Morgan fingerprint density at radius 1 is 1.37 bits per heavy atom. The Balaban J connectivity index is 1.73. The molecule has 3 rings (SSSR count). The standard InChI is InChI=1S/C20H25N3O3S/c1-4-26-17-10-6-5-8-14(17)15-12-27-20(21-15)22-18(24)16-9-7-11-23(16)19(25)13(2)3/h5-6,8,10,12-13,16H,4,7,9,11H2,1-3H3,(H,21,22,24). The molecule has 1 saturated heterocycles. The molecule has 1 atom stereocenters. The number of likely N-dealkylation sites (tertiary alicyclic amines) is 1. The average Bonchev–Trinajstić information content (AvgIpc) is 3.31. The molecule has 1 aromatic heterocycles. The molecule has 2 heterocycles. The summed E-state index contributed by atoms with van der Waals surface area (Å²) in [5, 5.41) is 5.32. The lowest BCUT2D eigenvalue weighted by Crippen LogP contribution is -2.44.